The van der Waals surface area contributed by atoms with Crippen LogP contribution in [0.15, 0.2) is 23.2 Å². The molecule has 0 saturated carbocycles. The molecular weight excluding hydrogens is 499 g/mol. The average molecular weight is 532 g/mol. The molecule has 1 unspecified atom stereocenters. The summed E-state index contributed by atoms with van der Waals surface area (Å²) in [6.07, 6.45) is 3.20. The Morgan fingerprint density at radius 2 is 2.07 bits per heavy atom. The van der Waals surface area contributed by atoms with Crippen LogP contribution in [0.25, 0.3) is 0 Å². The molecule has 29 heavy (non-hydrogen) atoms. The molecule has 0 amide bonds. The molecule has 0 fully saturated rings. The Labute approximate surface area is 195 Å². The molecule has 2 N–H and O–H groups in total. The molecule has 9 heteroatoms. The van der Waals surface area contributed by atoms with Crippen LogP contribution in [0.4, 0.5) is 0 Å². The maximum Gasteiger partial charge on any atom is 0.192 e. The van der Waals surface area contributed by atoms with Crippen molar-refractivity contribution in [2.45, 2.75) is 39.8 Å². The number of hydrogen-bond acceptors (Lipinski definition) is 5. The van der Waals surface area contributed by atoms with Gasteiger partial charge < -0.3 is 19.9 Å². The van der Waals surface area contributed by atoms with E-state index in [9.17, 15) is 0 Å². The van der Waals surface area contributed by atoms with Crippen LogP contribution in [0, 0.1) is 13.8 Å². The summed E-state index contributed by atoms with van der Waals surface area (Å²) in [6, 6.07) is 6.26. The Morgan fingerprint density at radius 1 is 1.31 bits per heavy atom. The standard InChI is InChI=1S/C20H32N6OS.HI/c1-14-8-9-18(27-5)17(12-14)15(2)23-20(21-10-7-11-28-6)22-13-19-25-24-16(3)26(19)4;/h8-9,12,15H,7,10-11,13H2,1-6H3,(H2,21,22,23);1H. The average Bonchev–Trinajstić information content (AvgIpc) is 3.01. The van der Waals surface area contributed by atoms with Crippen molar-refractivity contribution in [1.82, 2.24) is 25.4 Å². The summed E-state index contributed by atoms with van der Waals surface area (Å²) in [4.78, 5) is 4.73. The van der Waals surface area contributed by atoms with Gasteiger partial charge in [0, 0.05) is 19.2 Å². The molecule has 2 aromatic rings. The van der Waals surface area contributed by atoms with Crippen molar-refractivity contribution >= 4 is 41.7 Å². The molecular formula is C20H33IN6OS. The Hall–Kier alpha value is -1.49. The van der Waals surface area contributed by atoms with E-state index in [0.717, 1.165) is 47.6 Å². The third-order valence-electron chi connectivity index (χ3n) is 4.58. The molecule has 0 aliphatic carbocycles. The number of rotatable bonds is 9. The van der Waals surface area contributed by atoms with E-state index in [2.05, 4.69) is 53.1 Å². The van der Waals surface area contributed by atoms with Gasteiger partial charge in [-0.1, -0.05) is 17.7 Å². The largest absolute Gasteiger partial charge is 0.496 e. The van der Waals surface area contributed by atoms with Crippen LogP contribution in [0.2, 0.25) is 0 Å². The van der Waals surface area contributed by atoms with Gasteiger partial charge in [-0.2, -0.15) is 11.8 Å². The second-order valence-electron chi connectivity index (χ2n) is 6.77. The van der Waals surface area contributed by atoms with Crippen LogP contribution in [-0.4, -0.2) is 46.4 Å². The van der Waals surface area contributed by atoms with Crippen molar-refractivity contribution in [1.29, 1.82) is 0 Å². The van der Waals surface area contributed by atoms with E-state index in [1.165, 1.54) is 5.56 Å². The highest BCUT2D eigenvalue weighted by atomic mass is 127. The number of halogens is 1. The fraction of sp³-hybridized carbons (Fsp3) is 0.550. The number of nitrogens with zero attached hydrogens (tertiary/aromatic N) is 4. The zero-order valence-corrected chi connectivity index (χ0v) is 21.3. The second kappa shape index (κ2) is 12.9. The first-order valence-electron chi connectivity index (χ1n) is 9.49. The highest BCUT2D eigenvalue weighted by Crippen LogP contribution is 2.26. The highest BCUT2D eigenvalue weighted by Gasteiger charge is 2.14. The first-order valence-corrected chi connectivity index (χ1v) is 10.9. The minimum atomic E-state index is 0. The normalized spacial score (nSPS) is 12.3. The van der Waals surface area contributed by atoms with Gasteiger partial charge in [0.25, 0.3) is 0 Å². The summed E-state index contributed by atoms with van der Waals surface area (Å²) in [5.41, 5.74) is 2.31. The summed E-state index contributed by atoms with van der Waals surface area (Å²) in [6.45, 7) is 7.46. The van der Waals surface area contributed by atoms with Crippen molar-refractivity contribution in [3.8, 4) is 5.75 Å². The lowest BCUT2D eigenvalue weighted by Crippen LogP contribution is -2.39. The van der Waals surface area contributed by atoms with Gasteiger partial charge in [0.2, 0.25) is 0 Å². The minimum absolute atomic E-state index is 0. The smallest absolute Gasteiger partial charge is 0.192 e. The van der Waals surface area contributed by atoms with Crippen molar-refractivity contribution in [3.63, 3.8) is 0 Å². The molecule has 0 spiro atoms. The van der Waals surface area contributed by atoms with E-state index in [0.29, 0.717) is 6.54 Å². The molecule has 0 saturated heterocycles. The number of aliphatic imine (C=N–C) groups is 1. The third-order valence-corrected chi connectivity index (χ3v) is 5.28. The third kappa shape index (κ3) is 7.69. The first kappa shape index (κ1) is 25.5. The van der Waals surface area contributed by atoms with Crippen LogP contribution in [0.5, 0.6) is 5.75 Å². The number of methoxy groups -OCH3 is 1. The van der Waals surface area contributed by atoms with Gasteiger partial charge in [0.15, 0.2) is 11.8 Å². The van der Waals surface area contributed by atoms with Crippen molar-refractivity contribution in [2.75, 3.05) is 25.7 Å². The van der Waals surface area contributed by atoms with Gasteiger partial charge in [0.05, 0.1) is 13.2 Å². The lowest BCUT2D eigenvalue weighted by molar-refractivity contribution is 0.405. The van der Waals surface area contributed by atoms with E-state index < -0.39 is 0 Å². The topological polar surface area (TPSA) is 76.4 Å². The van der Waals surface area contributed by atoms with Crippen molar-refractivity contribution in [2.24, 2.45) is 12.0 Å². The predicted molar refractivity (Wildman–Crippen MR) is 133 cm³/mol. The van der Waals surface area contributed by atoms with E-state index in [4.69, 9.17) is 9.73 Å². The molecule has 2 rings (SSSR count). The lowest BCUT2D eigenvalue weighted by Gasteiger charge is -2.21. The van der Waals surface area contributed by atoms with Gasteiger partial charge >= 0.3 is 0 Å². The van der Waals surface area contributed by atoms with Crippen LogP contribution >= 0.6 is 35.7 Å². The molecule has 0 aliphatic rings. The van der Waals surface area contributed by atoms with E-state index in [1.807, 2.05) is 36.4 Å². The van der Waals surface area contributed by atoms with Crippen molar-refractivity contribution < 1.29 is 4.74 Å². The van der Waals surface area contributed by atoms with Gasteiger partial charge in [-0.15, -0.1) is 34.2 Å². The first-order chi connectivity index (χ1) is 13.5. The Kier molecular flexibility index (Phi) is 11.4. The van der Waals surface area contributed by atoms with E-state index in [-0.39, 0.29) is 30.0 Å². The van der Waals surface area contributed by atoms with Gasteiger partial charge in [-0.05, 0) is 45.3 Å². The van der Waals surface area contributed by atoms with E-state index in [1.54, 1.807) is 7.11 Å². The fourth-order valence-corrected chi connectivity index (χ4v) is 3.22. The molecule has 7 nitrogen and oxygen atoms in total. The molecule has 1 aromatic heterocycles. The number of hydrogen-bond donors (Lipinski definition) is 2. The molecule has 1 atom stereocenters. The number of aryl methyl sites for hydroxylation is 2. The summed E-state index contributed by atoms with van der Waals surface area (Å²) in [5, 5.41) is 15.2. The van der Waals surface area contributed by atoms with E-state index >= 15 is 0 Å². The number of ether oxygens (including phenoxy) is 1. The SMILES string of the molecule is COc1ccc(C)cc1C(C)NC(=NCc1nnc(C)n1C)NCCCSC.I. The number of thioether (sulfide) groups is 1. The number of benzene rings is 1. The minimum Gasteiger partial charge on any atom is -0.496 e. The summed E-state index contributed by atoms with van der Waals surface area (Å²) >= 11 is 1.85. The Balaban J connectivity index is 0.00000420. The zero-order chi connectivity index (χ0) is 20.5. The van der Waals surface area contributed by atoms with Gasteiger partial charge in [0.1, 0.15) is 18.1 Å². The summed E-state index contributed by atoms with van der Waals surface area (Å²) in [7, 11) is 3.66. The monoisotopic (exact) mass is 532 g/mol. The van der Waals surface area contributed by atoms with Crippen LogP contribution in [0.1, 0.15) is 42.2 Å². The molecule has 1 heterocycles. The molecule has 1 aromatic carbocycles. The molecule has 0 aliphatic heterocycles. The maximum atomic E-state index is 5.54. The molecule has 0 radical (unpaired) electrons. The van der Waals surface area contributed by atoms with Crippen LogP contribution in [0.3, 0.4) is 0 Å². The number of aromatic nitrogens is 3. The molecule has 162 valence electrons. The quantitative estimate of drug-likeness (QED) is 0.223. The van der Waals surface area contributed by atoms with Crippen LogP contribution < -0.4 is 15.4 Å². The van der Waals surface area contributed by atoms with Crippen molar-refractivity contribution in [3.05, 3.63) is 41.0 Å². The lowest BCUT2D eigenvalue weighted by atomic mass is 10.0. The molecule has 0 bridgehead atoms. The number of nitrogens with one attached hydrogen (secondary N) is 2. The summed E-state index contributed by atoms with van der Waals surface area (Å²) < 4.78 is 7.50. The maximum absolute atomic E-state index is 5.54. The van der Waals surface area contributed by atoms with Crippen LogP contribution in [-0.2, 0) is 13.6 Å². The fourth-order valence-electron chi connectivity index (χ4n) is 2.79. The predicted octanol–water partition coefficient (Wildman–Crippen LogP) is 3.61. The highest BCUT2D eigenvalue weighted by molar-refractivity contribution is 14.0. The number of guanidine groups is 1. The summed E-state index contributed by atoms with van der Waals surface area (Å²) in [5.74, 6) is 4.47. The Bertz CT molecular complexity index is 795. The second-order valence-corrected chi connectivity index (χ2v) is 7.76. The Morgan fingerprint density at radius 3 is 2.69 bits per heavy atom. The van der Waals surface area contributed by atoms with Gasteiger partial charge in [-0.3, -0.25) is 0 Å². The zero-order valence-electron chi connectivity index (χ0n) is 18.2. The van der Waals surface area contributed by atoms with Gasteiger partial charge in [-0.25, -0.2) is 4.99 Å².